The van der Waals surface area contributed by atoms with Crippen molar-refractivity contribution < 1.29 is 9.53 Å². The molecule has 0 unspecified atom stereocenters. The molecule has 1 aromatic heterocycles. The van der Waals surface area contributed by atoms with Crippen LogP contribution in [0.25, 0.3) is 10.2 Å². The Morgan fingerprint density at radius 3 is 2.69 bits per heavy atom. The second-order valence-electron chi connectivity index (χ2n) is 5.79. The van der Waals surface area contributed by atoms with Gasteiger partial charge in [0.1, 0.15) is 5.75 Å². The summed E-state index contributed by atoms with van der Waals surface area (Å²) in [6, 6.07) is 16.7. The van der Waals surface area contributed by atoms with Crippen LogP contribution in [0.2, 0.25) is 0 Å². The fourth-order valence-corrected chi connectivity index (χ4v) is 3.48. The molecule has 0 aliphatic heterocycles. The highest BCUT2D eigenvalue weighted by Gasteiger charge is 2.19. The van der Waals surface area contributed by atoms with Gasteiger partial charge in [-0.05, 0) is 42.8 Å². The number of nitriles is 1. The van der Waals surface area contributed by atoms with Crippen LogP contribution in [0, 0.1) is 11.3 Å². The standard InChI is InChI=1S/C20H19N3O2S/c1-2-3-12-23(20-22-17-6-4-5-7-18(17)26-20)19(24)14-25-16-10-8-15(13-21)9-11-16/h4-11H,2-3,12,14H2,1H3. The van der Waals surface area contributed by atoms with Gasteiger partial charge < -0.3 is 4.74 Å². The Kier molecular flexibility index (Phi) is 5.82. The lowest BCUT2D eigenvalue weighted by molar-refractivity contribution is -0.120. The van der Waals surface area contributed by atoms with E-state index in [9.17, 15) is 4.79 Å². The highest BCUT2D eigenvalue weighted by Crippen LogP contribution is 2.29. The second-order valence-corrected chi connectivity index (χ2v) is 6.80. The minimum Gasteiger partial charge on any atom is -0.484 e. The van der Waals surface area contributed by atoms with Crippen LogP contribution in [-0.2, 0) is 4.79 Å². The monoisotopic (exact) mass is 365 g/mol. The average molecular weight is 365 g/mol. The van der Waals surface area contributed by atoms with Gasteiger partial charge in [0.2, 0.25) is 0 Å². The highest BCUT2D eigenvalue weighted by molar-refractivity contribution is 7.22. The molecule has 0 atom stereocenters. The molecule has 26 heavy (non-hydrogen) atoms. The van der Waals surface area contributed by atoms with E-state index in [-0.39, 0.29) is 12.5 Å². The maximum atomic E-state index is 12.7. The Morgan fingerprint density at radius 2 is 2.00 bits per heavy atom. The molecule has 0 saturated heterocycles. The van der Waals surface area contributed by atoms with Gasteiger partial charge in [0.05, 0.1) is 21.8 Å². The zero-order valence-corrected chi connectivity index (χ0v) is 15.3. The topological polar surface area (TPSA) is 66.2 Å². The van der Waals surface area contributed by atoms with E-state index in [1.807, 2.05) is 24.3 Å². The Bertz CT molecular complexity index is 895. The van der Waals surface area contributed by atoms with Crippen molar-refractivity contribution in [3.63, 3.8) is 0 Å². The molecule has 132 valence electrons. The smallest absolute Gasteiger partial charge is 0.266 e. The van der Waals surface area contributed by atoms with Gasteiger partial charge in [-0.25, -0.2) is 4.98 Å². The summed E-state index contributed by atoms with van der Waals surface area (Å²) < 4.78 is 6.66. The summed E-state index contributed by atoms with van der Waals surface area (Å²) in [6.07, 6.45) is 1.89. The number of carbonyl (C=O) groups is 1. The van der Waals surface area contributed by atoms with Crippen LogP contribution >= 0.6 is 11.3 Å². The van der Waals surface area contributed by atoms with Gasteiger partial charge in [0.15, 0.2) is 11.7 Å². The normalized spacial score (nSPS) is 10.5. The quantitative estimate of drug-likeness (QED) is 0.623. The summed E-state index contributed by atoms with van der Waals surface area (Å²) in [6.45, 7) is 2.64. The molecule has 2 aromatic carbocycles. The molecule has 0 bridgehead atoms. The molecular formula is C20H19N3O2S. The number of ether oxygens (including phenoxy) is 1. The SMILES string of the molecule is CCCCN(C(=O)COc1ccc(C#N)cc1)c1nc2ccccc2s1. The van der Waals surface area contributed by atoms with Crippen molar-refractivity contribution >= 4 is 32.6 Å². The number of rotatable bonds is 7. The Balaban J connectivity index is 1.73. The summed E-state index contributed by atoms with van der Waals surface area (Å²) in [4.78, 5) is 19.0. The van der Waals surface area contributed by atoms with Gasteiger partial charge in [-0.1, -0.05) is 36.8 Å². The molecule has 0 N–H and O–H groups in total. The lowest BCUT2D eigenvalue weighted by Gasteiger charge is -2.19. The Labute approximate surface area is 156 Å². The van der Waals surface area contributed by atoms with Crippen LogP contribution in [0.5, 0.6) is 5.75 Å². The predicted octanol–water partition coefficient (Wildman–Crippen LogP) is 4.38. The van der Waals surface area contributed by atoms with E-state index in [0.717, 1.165) is 23.1 Å². The van der Waals surface area contributed by atoms with Crippen LogP contribution in [0.4, 0.5) is 5.13 Å². The number of hydrogen-bond donors (Lipinski definition) is 0. The molecular weight excluding hydrogens is 346 g/mol. The summed E-state index contributed by atoms with van der Waals surface area (Å²) in [5, 5.41) is 9.53. The number of nitrogens with zero attached hydrogens (tertiary/aromatic N) is 3. The number of anilines is 1. The van der Waals surface area contributed by atoms with Crippen molar-refractivity contribution in [3.8, 4) is 11.8 Å². The molecule has 0 fully saturated rings. The summed E-state index contributed by atoms with van der Waals surface area (Å²) in [5.41, 5.74) is 1.46. The minimum absolute atomic E-state index is 0.0639. The van der Waals surface area contributed by atoms with E-state index in [0.29, 0.717) is 23.0 Å². The number of aromatic nitrogens is 1. The largest absolute Gasteiger partial charge is 0.484 e. The van der Waals surface area contributed by atoms with E-state index >= 15 is 0 Å². The maximum Gasteiger partial charge on any atom is 0.266 e. The maximum absolute atomic E-state index is 12.7. The molecule has 0 spiro atoms. The fraction of sp³-hybridized carbons (Fsp3) is 0.250. The number of hydrogen-bond acceptors (Lipinski definition) is 5. The van der Waals surface area contributed by atoms with Gasteiger partial charge >= 0.3 is 0 Å². The summed E-state index contributed by atoms with van der Waals surface area (Å²) in [7, 11) is 0. The van der Waals surface area contributed by atoms with Gasteiger partial charge in [0, 0.05) is 6.54 Å². The molecule has 3 aromatic rings. The van der Waals surface area contributed by atoms with E-state index < -0.39 is 0 Å². The molecule has 0 aliphatic rings. The Morgan fingerprint density at radius 1 is 1.23 bits per heavy atom. The van der Waals surface area contributed by atoms with Crippen molar-refractivity contribution in [1.82, 2.24) is 4.98 Å². The second kappa shape index (κ2) is 8.45. The first-order valence-corrected chi connectivity index (χ1v) is 9.32. The Hall–Kier alpha value is -2.91. The summed E-state index contributed by atoms with van der Waals surface area (Å²) >= 11 is 1.51. The fourth-order valence-electron chi connectivity index (χ4n) is 2.47. The van der Waals surface area contributed by atoms with Crippen LogP contribution < -0.4 is 9.64 Å². The third-order valence-electron chi connectivity index (χ3n) is 3.90. The number of thiazole rings is 1. The van der Waals surface area contributed by atoms with Gasteiger partial charge in [0.25, 0.3) is 5.91 Å². The van der Waals surface area contributed by atoms with Crippen molar-refractivity contribution in [1.29, 1.82) is 5.26 Å². The van der Waals surface area contributed by atoms with Gasteiger partial charge in [-0.3, -0.25) is 9.69 Å². The lowest BCUT2D eigenvalue weighted by atomic mass is 10.2. The first-order chi connectivity index (χ1) is 12.7. The molecule has 1 heterocycles. The van der Waals surface area contributed by atoms with Crippen LogP contribution in [0.1, 0.15) is 25.3 Å². The van der Waals surface area contributed by atoms with E-state index in [1.54, 1.807) is 29.2 Å². The molecule has 0 aliphatic carbocycles. The van der Waals surface area contributed by atoms with Crippen molar-refractivity contribution in [2.45, 2.75) is 19.8 Å². The third kappa shape index (κ3) is 4.19. The van der Waals surface area contributed by atoms with Gasteiger partial charge in [-0.15, -0.1) is 0 Å². The zero-order chi connectivity index (χ0) is 18.4. The molecule has 6 heteroatoms. The predicted molar refractivity (Wildman–Crippen MR) is 104 cm³/mol. The number of amides is 1. The first kappa shape index (κ1) is 17.9. The van der Waals surface area contributed by atoms with Crippen LogP contribution in [0.3, 0.4) is 0 Å². The van der Waals surface area contributed by atoms with Crippen molar-refractivity contribution in [2.75, 3.05) is 18.1 Å². The zero-order valence-electron chi connectivity index (χ0n) is 14.5. The van der Waals surface area contributed by atoms with Crippen LogP contribution in [0.15, 0.2) is 48.5 Å². The van der Waals surface area contributed by atoms with Gasteiger partial charge in [-0.2, -0.15) is 5.26 Å². The number of fused-ring (bicyclic) bond motifs is 1. The van der Waals surface area contributed by atoms with Crippen LogP contribution in [-0.4, -0.2) is 24.0 Å². The lowest BCUT2D eigenvalue weighted by Crippen LogP contribution is -2.35. The third-order valence-corrected chi connectivity index (χ3v) is 4.95. The first-order valence-electron chi connectivity index (χ1n) is 8.50. The number of carbonyl (C=O) groups excluding carboxylic acids is 1. The van der Waals surface area contributed by atoms with E-state index in [2.05, 4.69) is 18.0 Å². The number of benzene rings is 2. The average Bonchev–Trinajstić information content (AvgIpc) is 3.10. The number of para-hydroxylation sites is 1. The van der Waals surface area contributed by atoms with E-state index in [4.69, 9.17) is 10.00 Å². The molecule has 1 amide bonds. The molecule has 0 saturated carbocycles. The molecule has 0 radical (unpaired) electrons. The number of unbranched alkanes of at least 4 members (excludes halogenated alkanes) is 1. The summed E-state index contributed by atoms with van der Waals surface area (Å²) in [5.74, 6) is 0.443. The molecule has 3 rings (SSSR count). The van der Waals surface area contributed by atoms with Crippen molar-refractivity contribution in [2.24, 2.45) is 0 Å². The van der Waals surface area contributed by atoms with E-state index in [1.165, 1.54) is 11.3 Å². The minimum atomic E-state index is -0.123. The molecule has 5 nitrogen and oxygen atoms in total. The van der Waals surface area contributed by atoms with Crippen molar-refractivity contribution in [3.05, 3.63) is 54.1 Å². The highest BCUT2D eigenvalue weighted by atomic mass is 32.1.